The molecule has 2 saturated heterocycles. The van der Waals surface area contributed by atoms with Crippen LogP contribution in [0.1, 0.15) is 17.8 Å². The van der Waals surface area contributed by atoms with Gasteiger partial charge in [-0.2, -0.15) is 0 Å². The highest BCUT2D eigenvalue weighted by Crippen LogP contribution is 2.30. The third-order valence-electron chi connectivity index (χ3n) is 5.34. The summed E-state index contributed by atoms with van der Waals surface area (Å²) < 4.78 is 6.46. The fourth-order valence-corrected chi connectivity index (χ4v) is 4.62. The molecule has 28 heavy (non-hydrogen) atoms. The van der Waals surface area contributed by atoms with Crippen LogP contribution in [0, 0.1) is 12.8 Å². The van der Waals surface area contributed by atoms with Gasteiger partial charge in [0, 0.05) is 38.3 Å². The van der Waals surface area contributed by atoms with Crippen molar-refractivity contribution in [1.82, 2.24) is 15.2 Å². The Balaban J connectivity index is 1.28. The lowest BCUT2D eigenvalue weighted by molar-refractivity contribution is -0.126. The number of hydrogen-bond acceptors (Lipinski definition) is 6. The molecule has 0 radical (unpaired) electrons. The molecule has 2 fully saturated rings. The maximum absolute atomic E-state index is 12.5. The van der Waals surface area contributed by atoms with Crippen molar-refractivity contribution in [2.75, 3.05) is 50.8 Å². The molecule has 1 N–H and O–H groups in total. The van der Waals surface area contributed by atoms with E-state index in [0.29, 0.717) is 13.1 Å². The molecule has 0 saturated carbocycles. The van der Waals surface area contributed by atoms with E-state index in [1.807, 2.05) is 25.1 Å². The number of aromatic nitrogens is 1. The topological polar surface area (TPSA) is 74.8 Å². The number of rotatable bonds is 6. The molecule has 1 atom stereocenters. The summed E-state index contributed by atoms with van der Waals surface area (Å²) in [5, 5.41) is 4.01. The minimum atomic E-state index is -0.288. The Hall–Kier alpha value is -2.03. The van der Waals surface area contributed by atoms with Crippen molar-refractivity contribution in [2.45, 2.75) is 19.8 Å². The number of benzene rings is 1. The van der Waals surface area contributed by atoms with Crippen LogP contribution in [0.25, 0.3) is 10.2 Å². The van der Waals surface area contributed by atoms with Crippen LogP contribution in [0.4, 0.5) is 5.69 Å². The first-order valence-electron chi connectivity index (χ1n) is 9.85. The molecule has 2 aromatic rings. The van der Waals surface area contributed by atoms with Gasteiger partial charge < -0.3 is 15.0 Å². The van der Waals surface area contributed by atoms with Crippen LogP contribution in [0.15, 0.2) is 18.2 Å². The van der Waals surface area contributed by atoms with Gasteiger partial charge in [0.25, 0.3) is 0 Å². The number of aryl methyl sites for hydroxylation is 1. The van der Waals surface area contributed by atoms with E-state index in [1.165, 1.54) is 0 Å². The minimum absolute atomic E-state index is 0.000215. The highest BCUT2D eigenvalue weighted by molar-refractivity contribution is 7.18. The van der Waals surface area contributed by atoms with Crippen molar-refractivity contribution in [3.8, 4) is 0 Å². The third kappa shape index (κ3) is 4.34. The van der Waals surface area contributed by atoms with Crippen LogP contribution in [-0.2, 0) is 14.3 Å². The Bertz CT molecular complexity index is 862. The van der Waals surface area contributed by atoms with Gasteiger partial charge in [0.1, 0.15) is 0 Å². The van der Waals surface area contributed by atoms with Crippen LogP contribution in [0.2, 0.25) is 0 Å². The number of ether oxygens (including phenoxy) is 1. The Morgan fingerprint density at radius 3 is 3.00 bits per heavy atom. The van der Waals surface area contributed by atoms with Gasteiger partial charge >= 0.3 is 0 Å². The normalized spacial score (nSPS) is 20.8. The first kappa shape index (κ1) is 19.3. The van der Waals surface area contributed by atoms with Crippen molar-refractivity contribution in [1.29, 1.82) is 0 Å². The fraction of sp³-hybridized carbons (Fsp3) is 0.550. The maximum atomic E-state index is 12.5. The SMILES string of the molecule is Cc1nc2cc(N3CC(C(=O)NCCCN4CCOCC4)CC3=O)ccc2s1. The predicted molar refractivity (Wildman–Crippen MR) is 110 cm³/mol. The molecule has 1 unspecified atom stereocenters. The summed E-state index contributed by atoms with van der Waals surface area (Å²) in [5.74, 6) is -0.313. The van der Waals surface area contributed by atoms with Crippen LogP contribution >= 0.6 is 11.3 Å². The summed E-state index contributed by atoms with van der Waals surface area (Å²) in [7, 11) is 0. The molecule has 2 aliphatic heterocycles. The van der Waals surface area contributed by atoms with Crippen LogP contribution < -0.4 is 10.2 Å². The summed E-state index contributed by atoms with van der Waals surface area (Å²) in [5.41, 5.74) is 1.73. The van der Waals surface area contributed by atoms with Gasteiger partial charge in [0.2, 0.25) is 11.8 Å². The van der Waals surface area contributed by atoms with Crippen molar-refractivity contribution in [3.63, 3.8) is 0 Å². The summed E-state index contributed by atoms with van der Waals surface area (Å²) in [4.78, 5) is 33.5. The monoisotopic (exact) mass is 402 g/mol. The van der Waals surface area contributed by atoms with Gasteiger partial charge in [-0.05, 0) is 38.1 Å². The number of carbonyl (C=O) groups is 2. The Labute approximate surface area is 168 Å². The second-order valence-electron chi connectivity index (χ2n) is 7.39. The first-order chi connectivity index (χ1) is 13.6. The highest BCUT2D eigenvalue weighted by Gasteiger charge is 2.35. The van der Waals surface area contributed by atoms with E-state index in [1.54, 1.807) is 16.2 Å². The lowest BCUT2D eigenvalue weighted by atomic mass is 10.1. The van der Waals surface area contributed by atoms with E-state index in [9.17, 15) is 9.59 Å². The lowest BCUT2D eigenvalue weighted by Crippen LogP contribution is -2.39. The number of carbonyl (C=O) groups excluding carboxylic acids is 2. The van der Waals surface area contributed by atoms with Crippen molar-refractivity contribution < 1.29 is 14.3 Å². The Morgan fingerprint density at radius 1 is 1.36 bits per heavy atom. The second kappa shape index (κ2) is 8.55. The summed E-state index contributed by atoms with van der Waals surface area (Å²) in [6.07, 6.45) is 1.18. The van der Waals surface area contributed by atoms with Crippen molar-refractivity contribution >= 4 is 39.1 Å². The van der Waals surface area contributed by atoms with Crippen molar-refractivity contribution in [2.24, 2.45) is 5.92 Å². The lowest BCUT2D eigenvalue weighted by Gasteiger charge is -2.26. The number of morpholine rings is 1. The third-order valence-corrected chi connectivity index (χ3v) is 6.29. The molecular formula is C20H26N4O3S. The molecule has 0 spiro atoms. The fourth-order valence-electron chi connectivity index (χ4n) is 3.82. The largest absolute Gasteiger partial charge is 0.379 e. The predicted octanol–water partition coefficient (Wildman–Crippen LogP) is 1.80. The smallest absolute Gasteiger partial charge is 0.227 e. The molecule has 2 amide bonds. The van der Waals surface area contributed by atoms with Gasteiger partial charge in [0.05, 0.1) is 34.4 Å². The zero-order valence-corrected chi connectivity index (χ0v) is 17.0. The van der Waals surface area contributed by atoms with Crippen molar-refractivity contribution in [3.05, 3.63) is 23.2 Å². The van der Waals surface area contributed by atoms with E-state index in [4.69, 9.17) is 4.74 Å². The van der Waals surface area contributed by atoms with Gasteiger partial charge in [-0.3, -0.25) is 14.5 Å². The van der Waals surface area contributed by atoms with Gasteiger partial charge in [-0.15, -0.1) is 11.3 Å². The summed E-state index contributed by atoms with van der Waals surface area (Å²) >= 11 is 1.64. The van der Waals surface area contributed by atoms with Crippen LogP contribution in [-0.4, -0.2) is 67.6 Å². The van der Waals surface area contributed by atoms with E-state index >= 15 is 0 Å². The average molecular weight is 403 g/mol. The average Bonchev–Trinajstić information content (AvgIpc) is 3.27. The quantitative estimate of drug-likeness (QED) is 0.746. The molecule has 3 heterocycles. The number of anilines is 1. The van der Waals surface area contributed by atoms with E-state index in [-0.39, 0.29) is 24.2 Å². The summed E-state index contributed by atoms with van der Waals surface area (Å²) in [6, 6.07) is 5.89. The molecular weight excluding hydrogens is 376 g/mol. The molecule has 150 valence electrons. The Kier molecular flexibility index (Phi) is 5.89. The van der Waals surface area contributed by atoms with E-state index in [0.717, 1.165) is 60.2 Å². The van der Waals surface area contributed by atoms with Crippen LogP contribution in [0.5, 0.6) is 0 Å². The molecule has 0 bridgehead atoms. The molecule has 0 aliphatic carbocycles. The van der Waals surface area contributed by atoms with Gasteiger partial charge in [-0.25, -0.2) is 4.98 Å². The molecule has 1 aromatic heterocycles. The number of amides is 2. The molecule has 4 rings (SSSR count). The number of hydrogen-bond donors (Lipinski definition) is 1. The summed E-state index contributed by atoms with van der Waals surface area (Å²) in [6.45, 7) is 7.52. The Morgan fingerprint density at radius 2 is 2.18 bits per heavy atom. The molecule has 1 aromatic carbocycles. The zero-order chi connectivity index (χ0) is 19.5. The van der Waals surface area contributed by atoms with E-state index < -0.39 is 0 Å². The number of nitrogens with zero attached hydrogens (tertiary/aromatic N) is 3. The highest BCUT2D eigenvalue weighted by atomic mass is 32.1. The van der Waals surface area contributed by atoms with Gasteiger partial charge in [-0.1, -0.05) is 0 Å². The van der Waals surface area contributed by atoms with Gasteiger partial charge in [0.15, 0.2) is 0 Å². The molecule has 2 aliphatic rings. The van der Waals surface area contributed by atoms with E-state index in [2.05, 4.69) is 15.2 Å². The number of thiazole rings is 1. The zero-order valence-electron chi connectivity index (χ0n) is 16.1. The minimum Gasteiger partial charge on any atom is -0.379 e. The maximum Gasteiger partial charge on any atom is 0.227 e. The second-order valence-corrected chi connectivity index (χ2v) is 8.62. The number of fused-ring (bicyclic) bond motifs is 1. The molecule has 8 heteroatoms. The first-order valence-corrected chi connectivity index (χ1v) is 10.7. The van der Waals surface area contributed by atoms with Crippen LogP contribution in [0.3, 0.4) is 0 Å². The number of nitrogens with one attached hydrogen (secondary N) is 1. The standard InChI is InChI=1S/C20H26N4O3S/c1-14-22-17-12-16(3-4-18(17)28-14)24-13-15(11-19(24)25)20(26)21-5-2-6-23-7-9-27-10-8-23/h3-4,12,15H,2,5-11,13H2,1H3,(H,21,26). The molecule has 7 nitrogen and oxygen atoms in total.